The molecule has 0 bridgehead atoms. The lowest BCUT2D eigenvalue weighted by Gasteiger charge is -2.13. The summed E-state index contributed by atoms with van der Waals surface area (Å²) in [5.41, 5.74) is 6.25. The standard InChI is InChI=1S/C11H15ClFN3O/c1-7(4-11(14)16-17)15-6-8-2-3-10(13)9(12)5-8/h2-3,5,7,15,17H,4,6H2,1H3,(H2,14,16). The number of hydrogen-bond donors (Lipinski definition) is 3. The Morgan fingerprint density at radius 2 is 2.35 bits per heavy atom. The molecule has 0 aliphatic carbocycles. The van der Waals surface area contributed by atoms with Gasteiger partial charge >= 0.3 is 0 Å². The minimum Gasteiger partial charge on any atom is -0.409 e. The molecule has 0 aliphatic rings. The molecule has 0 aromatic heterocycles. The van der Waals surface area contributed by atoms with Crippen molar-refractivity contribution in [3.8, 4) is 0 Å². The minimum absolute atomic E-state index is 0.0507. The van der Waals surface area contributed by atoms with Gasteiger partial charge in [0.1, 0.15) is 11.7 Å². The summed E-state index contributed by atoms with van der Waals surface area (Å²) in [4.78, 5) is 0. The van der Waals surface area contributed by atoms with Gasteiger partial charge in [0, 0.05) is 19.0 Å². The molecule has 0 radical (unpaired) electrons. The molecule has 0 saturated carbocycles. The molecule has 1 aromatic carbocycles. The predicted molar refractivity (Wildman–Crippen MR) is 65.7 cm³/mol. The maximum absolute atomic E-state index is 12.9. The molecule has 6 heteroatoms. The van der Waals surface area contributed by atoms with Gasteiger partial charge in [-0.15, -0.1) is 0 Å². The SMILES string of the molecule is CC(C/C(N)=N/O)NCc1ccc(F)c(Cl)c1. The number of hydrogen-bond acceptors (Lipinski definition) is 3. The molecular weight excluding hydrogens is 245 g/mol. The number of nitrogens with zero attached hydrogens (tertiary/aromatic N) is 1. The van der Waals surface area contributed by atoms with Crippen LogP contribution in [0, 0.1) is 5.82 Å². The zero-order valence-electron chi connectivity index (χ0n) is 9.45. The van der Waals surface area contributed by atoms with Crippen LogP contribution in [0.4, 0.5) is 4.39 Å². The third-order valence-electron chi connectivity index (χ3n) is 2.28. The number of halogens is 2. The number of rotatable bonds is 5. The lowest BCUT2D eigenvalue weighted by molar-refractivity contribution is 0.316. The van der Waals surface area contributed by atoms with Gasteiger partial charge in [-0.3, -0.25) is 0 Å². The van der Waals surface area contributed by atoms with E-state index in [2.05, 4.69) is 10.5 Å². The van der Waals surface area contributed by atoms with Crippen LogP contribution < -0.4 is 11.1 Å². The zero-order chi connectivity index (χ0) is 12.8. The van der Waals surface area contributed by atoms with Gasteiger partial charge < -0.3 is 16.3 Å². The van der Waals surface area contributed by atoms with E-state index in [4.69, 9.17) is 22.5 Å². The largest absolute Gasteiger partial charge is 0.409 e. The van der Waals surface area contributed by atoms with E-state index in [0.29, 0.717) is 13.0 Å². The van der Waals surface area contributed by atoms with E-state index in [0.717, 1.165) is 5.56 Å². The molecule has 1 atom stereocenters. The molecule has 0 amide bonds. The van der Waals surface area contributed by atoms with Crippen molar-refractivity contribution in [3.63, 3.8) is 0 Å². The van der Waals surface area contributed by atoms with Crippen molar-refractivity contribution in [2.45, 2.75) is 25.9 Å². The Morgan fingerprint density at radius 1 is 1.65 bits per heavy atom. The van der Waals surface area contributed by atoms with E-state index in [1.807, 2.05) is 6.92 Å². The van der Waals surface area contributed by atoms with Gasteiger partial charge in [0.2, 0.25) is 0 Å². The molecule has 17 heavy (non-hydrogen) atoms. The van der Waals surface area contributed by atoms with Gasteiger partial charge in [0.05, 0.1) is 5.02 Å². The molecule has 0 aliphatic heterocycles. The van der Waals surface area contributed by atoms with Crippen LogP contribution in [0.2, 0.25) is 5.02 Å². The van der Waals surface area contributed by atoms with Gasteiger partial charge in [-0.2, -0.15) is 0 Å². The first kappa shape index (κ1) is 13.7. The normalized spacial score (nSPS) is 13.7. The van der Waals surface area contributed by atoms with Crippen molar-refractivity contribution in [3.05, 3.63) is 34.6 Å². The Kier molecular flexibility index (Phi) is 5.18. The van der Waals surface area contributed by atoms with Gasteiger partial charge in [-0.1, -0.05) is 22.8 Å². The molecule has 0 saturated heterocycles. The fraction of sp³-hybridized carbons (Fsp3) is 0.364. The highest BCUT2D eigenvalue weighted by Gasteiger charge is 2.06. The van der Waals surface area contributed by atoms with E-state index in [1.165, 1.54) is 6.07 Å². The second-order valence-electron chi connectivity index (χ2n) is 3.83. The van der Waals surface area contributed by atoms with E-state index >= 15 is 0 Å². The average Bonchev–Trinajstić information content (AvgIpc) is 2.30. The Labute approximate surface area is 104 Å². The van der Waals surface area contributed by atoms with Crippen molar-refractivity contribution in [2.75, 3.05) is 0 Å². The summed E-state index contributed by atoms with van der Waals surface area (Å²) >= 11 is 5.66. The van der Waals surface area contributed by atoms with Crippen molar-refractivity contribution in [1.29, 1.82) is 0 Å². The third-order valence-corrected chi connectivity index (χ3v) is 2.57. The van der Waals surface area contributed by atoms with E-state index in [-0.39, 0.29) is 16.9 Å². The van der Waals surface area contributed by atoms with Gasteiger partial charge in [0.25, 0.3) is 0 Å². The van der Waals surface area contributed by atoms with E-state index in [9.17, 15) is 4.39 Å². The van der Waals surface area contributed by atoms with Crippen LogP contribution in [-0.2, 0) is 6.54 Å². The van der Waals surface area contributed by atoms with Gasteiger partial charge in [-0.05, 0) is 24.6 Å². The topological polar surface area (TPSA) is 70.6 Å². The molecule has 0 spiro atoms. The molecular formula is C11H15ClFN3O. The van der Waals surface area contributed by atoms with E-state index in [1.54, 1.807) is 12.1 Å². The molecule has 94 valence electrons. The molecule has 1 rings (SSSR count). The molecule has 1 aromatic rings. The molecule has 1 unspecified atom stereocenters. The summed E-state index contributed by atoms with van der Waals surface area (Å²) in [6, 6.07) is 4.60. The Bertz CT molecular complexity index is 412. The summed E-state index contributed by atoms with van der Waals surface area (Å²) in [7, 11) is 0. The van der Waals surface area contributed by atoms with Crippen LogP contribution >= 0.6 is 11.6 Å². The Morgan fingerprint density at radius 3 is 2.94 bits per heavy atom. The highest BCUT2D eigenvalue weighted by Crippen LogP contribution is 2.15. The van der Waals surface area contributed by atoms with Gasteiger partial charge in [-0.25, -0.2) is 4.39 Å². The molecule has 0 fully saturated rings. The van der Waals surface area contributed by atoms with Crippen molar-refractivity contribution in [2.24, 2.45) is 10.9 Å². The fourth-order valence-corrected chi connectivity index (χ4v) is 1.57. The first-order chi connectivity index (χ1) is 8.02. The zero-order valence-corrected chi connectivity index (χ0v) is 10.2. The first-order valence-electron chi connectivity index (χ1n) is 5.16. The van der Waals surface area contributed by atoms with Crippen LogP contribution in [0.3, 0.4) is 0 Å². The van der Waals surface area contributed by atoms with Crippen molar-refractivity contribution < 1.29 is 9.60 Å². The van der Waals surface area contributed by atoms with Crippen LogP contribution in [-0.4, -0.2) is 17.1 Å². The molecule has 4 nitrogen and oxygen atoms in total. The second-order valence-corrected chi connectivity index (χ2v) is 4.23. The average molecular weight is 260 g/mol. The highest BCUT2D eigenvalue weighted by molar-refractivity contribution is 6.30. The second kappa shape index (κ2) is 6.42. The van der Waals surface area contributed by atoms with E-state index < -0.39 is 5.82 Å². The van der Waals surface area contributed by atoms with Crippen LogP contribution in [0.25, 0.3) is 0 Å². The predicted octanol–water partition coefficient (Wildman–Crippen LogP) is 2.09. The van der Waals surface area contributed by atoms with Crippen LogP contribution in [0.15, 0.2) is 23.4 Å². The number of nitrogens with two attached hydrogens (primary N) is 1. The van der Waals surface area contributed by atoms with Crippen molar-refractivity contribution in [1.82, 2.24) is 5.32 Å². The van der Waals surface area contributed by atoms with Crippen LogP contribution in [0.1, 0.15) is 18.9 Å². The number of amidine groups is 1. The maximum atomic E-state index is 12.9. The van der Waals surface area contributed by atoms with Gasteiger partial charge in [0.15, 0.2) is 0 Å². The number of nitrogens with one attached hydrogen (secondary N) is 1. The Balaban J connectivity index is 2.47. The Hall–Kier alpha value is -1.33. The summed E-state index contributed by atoms with van der Waals surface area (Å²) < 4.78 is 12.9. The fourth-order valence-electron chi connectivity index (χ4n) is 1.37. The third kappa shape index (κ3) is 4.58. The lowest BCUT2D eigenvalue weighted by atomic mass is 10.2. The highest BCUT2D eigenvalue weighted by atomic mass is 35.5. The number of benzene rings is 1. The maximum Gasteiger partial charge on any atom is 0.141 e. The monoisotopic (exact) mass is 259 g/mol. The molecule has 0 heterocycles. The summed E-state index contributed by atoms with van der Waals surface area (Å²) in [5, 5.41) is 14.6. The van der Waals surface area contributed by atoms with Crippen molar-refractivity contribution >= 4 is 17.4 Å². The first-order valence-corrected chi connectivity index (χ1v) is 5.54. The minimum atomic E-state index is -0.430. The number of oxime groups is 1. The quantitative estimate of drug-likeness (QED) is 0.328. The lowest BCUT2D eigenvalue weighted by Crippen LogP contribution is -2.30. The molecule has 4 N–H and O–H groups in total. The smallest absolute Gasteiger partial charge is 0.141 e. The van der Waals surface area contributed by atoms with Crippen LogP contribution in [0.5, 0.6) is 0 Å². The summed E-state index contributed by atoms with van der Waals surface area (Å²) in [6.07, 6.45) is 0.436. The summed E-state index contributed by atoms with van der Waals surface area (Å²) in [5.74, 6) is -0.262. The summed E-state index contributed by atoms with van der Waals surface area (Å²) in [6.45, 7) is 2.45.